The van der Waals surface area contributed by atoms with E-state index in [9.17, 15) is 79.2 Å². The van der Waals surface area contributed by atoms with Crippen LogP contribution < -0.4 is 83.3 Å². The van der Waals surface area contributed by atoms with Crippen LogP contribution in [0.5, 0.6) is 0 Å². The smallest absolute Gasteiger partial charge is 0.404 e. The zero-order valence-corrected chi connectivity index (χ0v) is 58.5. The lowest BCUT2D eigenvalue weighted by Gasteiger charge is -2.47. The van der Waals surface area contributed by atoms with E-state index in [2.05, 4.69) is 61.8 Å². The zero-order chi connectivity index (χ0) is 73.3. The minimum Gasteiger partial charge on any atom is -1.00 e. The molecule has 2 fully saturated rings. The van der Waals surface area contributed by atoms with E-state index in [1.54, 1.807) is 10.8 Å². The van der Waals surface area contributed by atoms with E-state index in [0.717, 1.165) is 12.5 Å². The van der Waals surface area contributed by atoms with Crippen LogP contribution in [0, 0.1) is 12.8 Å². The summed E-state index contributed by atoms with van der Waals surface area (Å²) in [6.45, 7) is 2.95. The number of aromatic nitrogens is 6. The highest BCUT2D eigenvalue weighted by Gasteiger charge is 2.54. The van der Waals surface area contributed by atoms with Crippen molar-refractivity contribution >= 4 is 92.7 Å². The highest BCUT2D eigenvalue weighted by atomic mass is 79.9. The quantitative estimate of drug-likeness (QED) is 0.0147. The first-order chi connectivity index (χ1) is 46.7. The van der Waals surface area contributed by atoms with Gasteiger partial charge >= 0.3 is 6.09 Å². The lowest BCUT2D eigenvalue weighted by molar-refractivity contribution is -0.372. The van der Waals surface area contributed by atoms with Gasteiger partial charge in [-0.3, -0.25) is 38.4 Å². The van der Waals surface area contributed by atoms with Crippen molar-refractivity contribution in [3.8, 4) is 10.7 Å². The molecular formula is C56H85BrN18O22S3. The van der Waals surface area contributed by atoms with E-state index in [4.69, 9.17) is 58.1 Å². The Bertz CT molecular complexity index is 3420. The Hall–Kier alpha value is -7.35. The molecule has 9 amide bonds. The minimum absolute atomic E-state index is 0. The molecule has 4 aromatic rings. The summed E-state index contributed by atoms with van der Waals surface area (Å²) < 4.78 is 28.7. The van der Waals surface area contributed by atoms with Crippen molar-refractivity contribution in [3.05, 3.63) is 56.8 Å². The van der Waals surface area contributed by atoms with Crippen molar-refractivity contribution in [3.63, 3.8) is 0 Å². The van der Waals surface area contributed by atoms with E-state index in [1.807, 2.05) is 6.26 Å². The molecule has 44 heteroatoms. The van der Waals surface area contributed by atoms with E-state index in [-0.39, 0.29) is 93.5 Å². The summed E-state index contributed by atoms with van der Waals surface area (Å²) in [6.07, 6.45) is -22.7. The van der Waals surface area contributed by atoms with Crippen LogP contribution in [0.25, 0.3) is 10.7 Å². The number of H-pyrrole nitrogens is 1. The number of nitrogens with one attached hydrogen (secondary N) is 7. The van der Waals surface area contributed by atoms with Crippen LogP contribution in [0.15, 0.2) is 23.3 Å². The number of carbonyl (C=O) groups is 9. The second-order valence-electron chi connectivity index (χ2n) is 23.2. The average molecular weight is 1540 g/mol. The molecule has 2 aliphatic rings. The lowest BCUT2D eigenvalue weighted by Crippen LogP contribution is -3.00. The second-order valence-corrected chi connectivity index (χ2v) is 27.3. The molecule has 0 aliphatic carbocycles. The molecule has 2 saturated heterocycles. The largest absolute Gasteiger partial charge is 1.00 e. The number of halogens is 1. The first-order valence-electron chi connectivity index (χ1n) is 30.6. The van der Waals surface area contributed by atoms with E-state index in [1.165, 1.54) is 50.4 Å². The summed E-state index contributed by atoms with van der Waals surface area (Å²) in [5, 5.41) is 108. The number of hydrogen-bond acceptors (Lipinski definition) is 32. The second kappa shape index (κ2) is 38.6. The monoisotopic (exact) mass is 1540 g/mol. The molecule has 0 aromatic carbocycles. The average Bonchev–Trinajstić information content (AvgIpc) is 1.02. The summed E-state index contributed by atoms with van der Waals surface area (Å²) in [5.41, 5.74) is 33.2. The number of primary amides is 4. The third-order valence-corrected chi connectivity index (χ3v) is 19.1. The number of aliphatic hydroxyl groups excluding tert-OH is 8. The number of aromatic amines is 1. The van der Waals surface area contributed by atoms with E-state index >= 15 is 4.79 Å². The van der Waals surface area contributed by atoms with Crippen molar-refractivity contribution < 1.29 is 125 Å². The number of nitrogens with two attached hydrogens (primary N) is 6. The van der Waals surface area contributed by atoms with Gasteiger partial charge in [0.05, 0.1) is 78.9 Å². The van der Waals surface area contributed by atoms with Crippen molar-refractivity contribution in [2.45, 2.75) is 157 Å². The van der Waals surface area contributed by atoms with Crippen LogP contribution in [0.2, 0.25) is 0 Å². The molecule has 20 atom stereocenters. The fourth-order valence-electron chi connectivity index (χ4n) is 10.1. The van der Waals surface area contributed by atoms with Gasteiger partial charge in [-0.15, -0.1) is 22.7 Å². The Balaban J connectivity index is 0.0000180. The van der Waals surface area contributed by atoms with Crippen molar-refractivity contribution in [2.24, 2.45) is 34.6 Å². The molecule has 0 bridgehead atoms. The minimum atomic E-state index is -2.21. The summed E-state index contributed by atoms with van der Waals surface area (Å²) >= 11 is 2.45. The molecule has 0 radical (unpaired) electrons. The molecular weight excluding hydrogens is 1450 g/mol. The van der Waals surface area contributed by atoms with Crippen molar-refractivity contribution in [1.82, 2.24) is 61.8 Å². The lowest BCUT2D eigenvalue weighted by atomic mass is 9.96. The highest BCUT2D eigenvalue weighted by molar-refractivity contribution is 7.96. The van der Waals surface area contributed by atoms with Gasteiger partial charge in [-0.25, -0.2) is 29.7 Å². The molecule has 556 valence electrons. The third kappa shape index (κ3) is 22.6. The number of ether oxygens (including phenoxy) is 5. The Labute approximate surface area is 591 Å². The first kappa shape index (κ1) is 83.3. The van der Waals surface area contributed by atoms with Gasteiger partial charge in [-0.1, -0.05) is 6.92 Å². The fraction of sp³-hybridized carbons (Fsp3) is 0.607. The van der Waals surface area contributed by atoms with Crippen molar-refractivity contribution in [2.75, 3.05) is 56.3 Å². The summed E-state index contributed by atoms with van der Waals surface area (Å²) in [7, 11) is -0.205. The number of nitrogens with zero attached hydrogens (tertiary/aromatic N) is 5. The van der Waals surface area contributed by atoms with E-state index in [0.29, 0.717) is 34.4 Å². The summed E-state index contributed by atoms with van der Waals surface area (Å²) in [5.74, 6) is -8.24. The Morgan fingerprint density at radius 3 is 2.07 bits per heavy atom. The SMILES string of the molecule is Cc1c(N)nc(C(CC(N)=O)NCC(N)C(N)=O)nc1C(=O)NC(C(=O)NC(C)C(O)C(C)C(=O)NC(C(=O)NCCc1nc(-c2nc(C(=O)NCCC[S+](C)CC(N)=O)cs2)cs1)C(C)O)C(O[C@@H]1O[C@H](CO)[C@H](O)[C@@H](O)[C@@H]1O[C@H]1O[C@@H](CO)[C@@H](O)[C@H](OC(N)=O)[C@H]1O)c1cnc[nH]1.[Br-]. The number of nitrogen functional groups attached to an aromatic ring is 1. The van der Waals surface area contributed by atoms with Crippen LogP contribution in [0.4, 0.5) is 10.6 Å². The predicted octanol–water partition coefficient (Wildman–Crippen LogP) is -11.8. The molecule has 40 nitrogen and oxygen atoms in total. The number of imidazole rings is 1. The van der Waals surface area contributed by atoms with Gasteiger partial charge in [0.1, 0.15) is 100 Å². The standard InChI is InChI=1S/C56H84N18O22S3.BrH/c1-20-34(71-47(74-45(20)60)25(11-31(58)78)66-12-24(57)46(61)85)51(89)73-36(42(26-13-63-19-67-26)94-55-44(40(83)38(81)29(14-75)93-55)95-54-41(84)43(96-56(62)91)39(82)30(15-76)92-54)52(90)68-22(3)37(80)21(2)48(86)72-35(23(4)77)50(88)65-9-7-33-69-28(17-97-33)53-70-27(16-98-53)49(87)64-8-6-10-99(5)18-32(59)79;/h13,16-17,19,21-25,29-30,35-44,54-55,66,75-77,80-84H,6-12,14-15,18,57H2,1-5H3,(H15-,58,59,60,61,62,63,64,65,67,68,71,72,73,74,78,79,85,86,87,88,89,90,91);1H/t21?,22?,23?,24?,25?,29-,30+,35?,36?,37?,38+,39-,40-,41-,42?,43+,44+,54-,55+,99?;/m1./s1. The summed E-state index contributed by atoms with van der Waals surface area (Å²) in [4.78, 5) is 142. The molecule has 6 heterocycles. The Kier molecular flexibility index (Phi) is 32.2. The highest BCUT2D eigenvalue weighted by Crippen LogP contribution is 2.35. The number of rotatable bonds is 37. The van der Waals surface area contributed by atoms with Crippen LogP contribution in [-0.4, -0.2) is 273 Å². The number of hydrogen-bond donors (Lipinski definition) is 21. The molecule has 10 unspecified atom stereocenters. The van der Waals surface area contributed by atoms with Gasteiger partial charge < -0.3 is 153 Å². The van der Waals surface area contributed by atoms with Gasteiger partial charge in [0, 0.05) is 55.2 Å². The van der Waals surface area contributed by atoms with Gasteiger partial charge in [0.2, 0.25) is 29.5 Å². The Morgan fingerprint density at radius 1 is 0.770 bits per heavy atom. The van der Waals surface area contributed by atoms with Gasteiger partial charge in [-0.2, -0.15) is 0 Å². The molecule has 0 spiro atoms. The molecule has 4 aromatic heterocycles. The number of anilines is 1. The molecule has 27 N–H and O–H groups in total. The molecule has 6 rings (SSSR count). The van der Waals surface area contributed by atoms with Gasteiger partial charge in [-0.05, 0) is 31.7 Å². The molecule has 0 saturated carbocycles. The Morgan fingerprint density at radius 2 is 1.45 bits per heavy atom. The maximum atomic E-state index is 15.2. The number of carbonyl (C=O) groups excluding carboxylic acids is 9. The van der Waals surface area contributed by atoms with Gasteiger partial charge in [0.15, 0.2) is 24.4 Å². The zero-order valence-electron chi connectivity index (χ0n) is 54.4. The normalized spacial score (nSPS) is 23.6. The fourth-order valence-corrected chi connectivity index (χ4v) is 13.0. The molecule has 2 aliphatic heterocycles. The van der Waals surface area contributed by atoms with E-state index < -0.39 is 183 Å². The van der Waals surface area contributed by atoms with Gasteiger partial charge in [0.25, 0.3) is 17.7 Å². The number of amides is 9. The van der Waals surface area contributed by atoms with Crippen LogP contribution in [0.3, 0.4) is 0 Å². The van der Waals surface area contributed by atoms with Crippen LogP contribution >= 0.6 is 22.7 Å². The van der Waals surface area contributed by atoms with Crippen LogP contribution in [-0.2, 0) is 69.8 Å². The topological polar surface area (TPSA) is 670 Å². The number of thiazole rings is 2. The van der Waals surface area contributed by atoms with Crippen LogP contribution in [0.1, 0.15) is 88.8 Å². The maximum absolute atomic E-state index is 15.2. The number of aliphatic hydroxyl groups is 8. The third-order valence-electron chi connectivity index (χ3n) is 15.6. The van der Waals surface area contributed by atoms with Crippen molar-refractivity contribution in [1.29, 1.82) is 0 Å². The summed E-state index contributed by atoms with van der Waals surface area (Å²) in [6, 6.07) is -7.90. The first-order valence-corrected chi connectivity index (χ1v) is 34.3. The maximum Gasteiger partial charge on any atom is 0.404 e. The molecule has 100 heavy (non-hydrogen) atoms. The predicted molar refractivity (Wildman–Crippen MR) is 347 cm³/mol.